The standard InChI is InChI=1S/C10H9F2NO/c1-6(11)7-3-8(5-13)10(14-2)9(12)4-7/h3-4,6H,1-2H3. The van der Waals surface area contributed by atoms with Gasteiger partial charge in [-0.25, -0.2) is 8.78 Å². The van der Waals surface area contributed by atoms with Crippen LogP contribution in [0, 0.1) is 17.1 Å². The summed E-state index contributed by atoms with van der Waals surface area (Å²) in [7, 11) is 1.26. The molecule has 2 nitrogen and oxygen atoms in total. The second kappa shape index (κ2) is 4.05. The summed E-state index contributed by atoms with van der Waals surface area (Å²) in [5.41, 5.74) is 0.145. The summed E-state index contributed by atoms with van der Waals surface area (Å²) >= 11 is 0. The quantitative estimate of drug-likeness (QED) is 0.730. The average molecular weight is 197 g/mol. The number of alkyl halides is 1. The smallest absolute Gasteiger partial charge is 0.172 e. The van der Waals surface area contributed by atoms with E-state index >= 15 is 0 Å². The summed E-state index contributed by atoms with van der Waals surface area (Å²) in [6.07, 6.45) is -1.30. The largest absolute Gasteiger partial charge is 0.492 e. The van der Waals surface area contributed by atoms with Crippen LogP contribution in [-0.2, 0) is 0 Å². The first-order valence-corrected chi connectivity index (χ1v) is 4.01. The van der Waals surface area contributed by atoms with Crippen LogP contribution in [0.25, 0.3) is 0 Å². The monoisotopic (exact) mass is 197 g/mol. The Morgan fingerprint density at radius 2 is 2.14 bits per heavy atom. The van der Waals surface area contributed by atoms with E-state index in [1.807, 2.05) is 0 Å². The molecule has 0 aromatic heterocycles. The van der Waals surface area contributed by atoms with Crippen LogP contribution in [0.3, 0.4) is 0 Å². The predicted molar refractivity (Wildman–Crippen MR) is 47.2 cm³/mol. The molecule has 0 bridgehead atoms. The molecule has 0 saturated carbocycles. The van der Waals surface area contributed by atoms with E-state index in [1.54, 1.807) is 6.07 Å². The van der Waals surface area contributed by atoms with Gasteiger partial charge in [-0.1, -0.05) is 0 Å². The van der Waals surface area contributed by atoms with Gasteiger partial charge < -0.3 is 4.74 Å². The minimum Gasteiger partial charge on any atom is -0.492 e. The Bertz CT molecular complexity index is 382. The lowest BCUT2D eigenvalue weighted by Gasteiger charge is -2.07. The fourth-order valence-electron chi connectivity index (χ4n) is 1.13. The first kappa shape index (κ1) is 10.5. The molecule has 0 fully saturated rings. The van der Waals surface area contributed by atoms with Crippen LogP contribution in [0.5, 0.6) is 5.75 Å². The third-order valence-corrected chi connectivity index (χ3v) is 1.85. The van der Waals surface area contributed by atoms with Gasteiger partial charge in [0.2, 0.25) is 0 Å². The second-order valence-electron chi connectivity index (χ2n) is 2.81. The molecule has 0 radical (unpaired) electrons. The lowest BCUT2D eigenvalue weighted by molar-refractivity contribution is 0.364. The van der Waals surface area contributed by atoms with E-state index in [4.69, 9.17) is 5.26 Å². The van der Waals surface area contributed by atoms with Crippen molar-refractivity contribution in [3.8, 4) is 11.8 Å². The normalized spacial score (nSPS) is 11.9. The molecule has 0 N–H and O–H groups in total. The van der Waals surface area contributed by atoms with Crippen LogP contribution in [0.4, 0.5) is 8.78 Å². The first-order valence-electron chi connectivity index (χ1n) is 4.01. The van der Waals surface area contributed by atoms with E-state index in [0.29, 0.717) is 0 Å². The Morgan fingerprint density at radius 3 is 2.57 bits per heavy atom. The van der Waals surface area contributed by atoms with Crippen LogP contribution in [0.15, 0.2) is 12.1 Å². The Kier molecular flexibility index (Phi) is 3.03. The van der Waals surface area contributed by atoms with Gasteiger partial charge in [-0.3, -0.25) is 0 Å². The van der Waals surface area contributed by atoms with Gasteiger partial charge in [-0.05, 0) is 24.6 Å². The number of hydrogen-bond donors (Lipinski definition) is 0. The van der Waals surface area contributed by atoms with Gasteiger partial charge in [0, 0.05) is 0 Å². The van der Waals surface area contributed by atoms with Crippen molar-refractivity contribution in [2.75, 3.05) is 7.11 Å². The highest BCUT2D eigenvalue weighted by Gasteiger charge is 2.14. The van der Waals surface area contributed by atoms with Crippen molar-refractivity contribution in [1.82, 2.24) is 0 Å². The highest BCUT2D eigenvalue weighted by atomic mass is 19.1. The van der Waals surface area contributed by atoms with Crippen molar-refractivity contribution in [2.24, 2.45) is 0 Å². The third kappa shape index (κ3) is 1.82. The molecule has 1 atom stereocenters. The summed E-state index contributed by atoms with van der Waals surface area (Å²) in [4.78, 5) is 0. The van der Waals surface area contributed by atoms with E-state index in [1.165, 1.54) is 20.1 Å². The van der Waals surface area contributed by atoms with Crippen LogP contribution in [0.1, 0.15) is 24.2 Å². The van der Waals surface area contributed by atoms with E-state index in [0.717, 1.165) is 6.07 Å². The Balaban J connectivity index is 3.33. The van der Waals surface area contributed by atoms with Gasteiger partial charge in [-0.15, -0.1) is 0 Å². The molecule has 1 rings (SSSR count). The molecule has 0 saturated heterocycles. The van der Waals surface area contributed by atoms with Crippen molar-refractivity contribution in [3.05, 3.63) is 29.1 Å². The molecule has 1 aromatic carbocycles. The Labute approximate surface area is 80.7 Å². The lowest BCUT2D eigenvalue weighted by Crippen LogP contribution is -1.96. The number of halogens is 2. The van der Waals surface area contributed by atoms with E-state index < -0.39 is 12.0 Å². The molecule has 0 spiro atoms. The summed E-state index contributed by atoms with van der Waals surface area (Å²) in [5.74, 6) is -0.858. The molecular formula is C10H9F2NO. The predicted octanol–water partition coefficient (Wildman–Crippen LogP) is 2.74. The van der Waals surface area contributed by atoms with Crippen LogP contribution in [0.2, 0.25) is 0 Å². The molecule has 0 heterocycles. The molecule has 0 aliphatic rings. The van der Waals surface area contributed by atoms with Crippen LogP contribution in [-0.4, -0.2) is 7.11 Å². The van der Waals surface area contributed by atoms with E-state index in [-0.39, 0.29) is 16.9 Å². The maximum absolute atomic E-state index is 13.2. The third-order valence-electron chi connectivity index (χ3n) is 1.85. The van der Waals surface area contributed by atoms with Gasteiger partial charge in [0.15, 0.2) is 11.6 Å². The molecule has 0 aliphatic carbocycles. The minimum absolute atomic E-state index is 0.00648. The maximum Gasteiger partial charge on any atom is 0.172 e. The Morgan fingerprint density at radius 1 is 1.50 bits per heavy atom. The summed E-state index contributed by atoms with van der Waals surface area (Å²) < 4.78 is 30.7. The molecule has 4 heteroatoms. The SMILES string of the molecule is COc1c(F)cc(C(C)F)cc1C#N. The van der Waals surface area contributed by atoms with Crippen LogP contribution < -0.4 is 4.74 Å². The van der Waals surface area contributed by atoms with E-state index in [9.17, 15) is 8.78 Å². The van der Waals surface area contributed by atoms with Crippen molar-refractivity contribution in [1.29, 1.82) is 5.26 Å². The topological polar surface area (TPSA) is 33.0 Å². The summed E-state index contributed by atoms with van der Waals surface area (Å²) in [6.45, 7) is 1.28. The van der Waals surface area contributed by atoms with Crippen LogP contribution >= 0.6 is 0 Å². The number of methoxy groups -OCH3 is 1. The number of nitrogens with zero attached hydrogens (tertiary/aromatic N) is 1. The fourth-order valence-corrected chi connectivity index (χ4v) is 1.13. The maximum atomic E-state index is 13.2. The first-order chi connectivity index (χ1) is 6.60. The average Bonchev–Trinajstić information content (AvgIpc) is 2.16. The van der Waals surface area contributed by atoms with Crippen molar-refractivity contribution >= 4 is 0 Å². The molecular weight excluding hydrogens is 188 g/mol. The summed E-state index contributed by atoms with van der Waals surface area (Å²) in [6, 6.07) is 4.07. The fraction of sp³-hybridized carbons (Fsp3) is 0.300. The number of hydrogen-bond acceptors (Lipinski definition) is 2. The van der Waals surface area contributed by atoms with E-state index in [2.05, 4.69) is 4.74 Å². The van der Waals surface area contributed by atoms with Crippen molar-refractivity contribution in [3.63, 3.8) is 0 Å². The molecule has 1 unspecified atom stereocenters. The lowest BCUT2D eigenvalue weighted by atomic mass is 10.1. The number of ether oxygens (including phenoxy) is 1. The highest BCUT2D eigenvalue weighted by molar-refractivity contribution is 5.46. The molecule has 14 heavy (non-hydrogen) atoms. The summed E-state index contributed by atoms with van der Waals surface area (Å²) in [5, 5.41) is 8.66. The number of benzene rings is 1. The highest BCUT2D eigenvalue weighted by Crippen LogP contribution is 2.27. The molecule has 0 aliphatic heterocycles. The van der Waals surface area contributed by atoms with Gasteiger partial charge in [0.1, 0.15) is 12.2 Å². The molecule has 1 aromatic rings. The number of rotatable bonds is 2. The Hall–Kier alpha value is -1.63. The zero-order chi connectivity index (χ0) is 10.7. The van der Waals surface area contributed by atoms with Gasteiger partial charge in [0.05, 0.1) is 12.7 Å². The number of nitriles is 1. The zero-order valence-corrected chi connectivity index (χ0v) is 7.84. The van der Waals surface area contributed by atoms with Gasteiger partial charge in [0.25, 0.3) is 0 Å². The second-order valence-corrected chi connectivity index (χ2v) is 2.81. The van der Waals surface area contributed by atoms with Crippen molar-refractivity contribution < 1.29 is 13.5 Å². The zero-order valence-electron chi connectivity index (χ0n) is 7.84. The van der Waals surface area contributed by atoms with Crippen molar-refractivity contribution in [2.45, 2.75) is 13.1 Å². The molecule has 74 valence electrons. The van der Waals surface area contributed by atoms with Gasteiger partial charge >= 0.3 is 0 Å². The van der Waals surface area contributed by atoms with Gasteiger partial charge in [-0.2, -0.15) is 5.26 Å². The molecule has 0 amide bonds. The minimum atomic E-state index is -1.30.